The SMILES string of the molecule is CC(C)c1cccc(C(C)C)c1-c1cnc2c3cc(N(c4ccccc4)c4cccc(-c5nc6ccccc6n5-c5c(C(C)C)cccc5C(C)C)c4)ccc3c3ccccc3n12. The molecule has 0 fully saturated rings. The van der Waals surface area contributed by atoms with Crippen LogP contribution in [-0.4, -0.2) is 18.9 Å². The lowest BCUT2D eigenvalue weighted by Gasteiger charge is -2.27. The lowest BCUT2D eigenvalue weighted by molar-refractivity contribution is 0.811. The first-order valence-electron chi connectivity index (χ1n) is 22.6. The number of fused-ring (bicyclic) bond motifs is 7. The molecule has 0 unspecified atom stereocenters. The van der Waals surface area contributed by atoms with Crippen molar-refractivity contribution in [1.29, 1.82) is 0 Å². The zero-order chi connectivity index (χ0) is 43.5. The molecule has 0 bridgehead atoms. The molecule has 312 valence electrons. The molecule has 0 aliphatic carbocycles. The van der Waals surface area contributed by atoms with E-state index < -0.39 is 0 Å². The lowest BCUT2D eigenvalue weighted by Crippen LogP contribution is -2.11. The fourth-order valence-electron chi connectivity index (χ4n) is 9.82. The molecule has 0 aliphatic rings. The number of para-hydroxylation sites is 5. The van der Waals surface area contributed by atoms with Crippen molar-refractivity contribution in [3.05, 3.63) is 186 Å². The van der Waals surface area contributed by atoms with Gasteiger partial charge in [0.15, 0.2) is 0 Å². The van der Waals surface area contributed by atoms with Crippen LogP contribution in [0.1, 0.15) is 101 Å². The summed E-state index contributed by atoms with van der Waals surface area (Å²) in [6.45, 7) is 18.3. The summed E-state index contributed by atoms with van der Waals surface area (Å²) in [7, 11) is 0. The van der Waals surface area contributed by atoms with Crippen LogP contribution in [0.25, 0.3) is 66.7 Å². The number of hydrogen-bond donors (Lipinski definition) is 0. The first kappa shape index (κ1) is 40.1. The fourth-order valence-corrected chi connectivity index (χ4v) is 9.82. The van der Waals surface area contributed by atoms with Crippen LogP contribution in [0.4, 0.5) is 17.1 Å². The van der Waals surface area contributed by atoms with E-state index in [1.807, 2.05) is 0 Å². The van der Waals surface area contributed by atoms with Gasteiger partial charge in [0.1, 0.15) is 11.5 Å². The van der Waals surface area contributed by atoms with Gasteiger partial charge < -0.3 is 4.90 Å². The lowest BCUT2D eigenvalue weighted by atomic mass is 9.87. The smallest absolute Gasteiger partial charge is 0.145 e. The van der Waals surface area contributed by atoms with Crippen LogP contribution >= 0.6 is 0 Å². The molecule has 0 atom stereocenters. The van der Waals surface area contributed by atoms with Gasteiger partial charge in [-0.2, -0.15) is 0 Å². The van der Waals surface area contributed by atoms with Gasteiger partial charge in [0, 0.05) is 39.0 Å². The molecular formula is C58H55N5. The Morgan fingerprint density at radius 3 is 1.71 bits per heavy atom. The molecule has 7 aromatic carbocycles. The van der Waals surface area contributed by atoms with Crippen molar-refractivity contribution in [3.8, 4) is 28.3 Å². The Morgan fingerprint density at radius 1 is 0.460 bits per heavy atom. The molecule has 0 saturated carbocycles. The summed E-state index contributed by atoms with van der Waals surface area (Å²) in [6, 6.07) is 57.4. The maximum atomic E-state index is 5.40. The first-order valence-corrected chi connectivity index (χ1v) is 22.6. The molecule has 0 spiro atoms. The summed E-state index contributed by atoms with van der Waals surface area (Å²) in [5, 5.41) is 3.49. The monoisotopic (exact) mass is 821 g/mol. The zero-order valence-corrected chi connectivity index (χ0v) is 37.6. The number of hydrogen-bond acceptors (Lipinski definition) is 3. The number of nitrogens with zero attached hydrogens (tertiary/aromatic N) is 5. The van der Waals surface area contributed by atoms with Crippen LogP contribution in [0.2, 0.25) is 0 Å². The van der Waals surface area contributed by atoms with E-state index in [0.717, 1.165) is 61.7 Å². The van der Waals surface area contributed by atoms with Gasteiger partial charge >= 0.3 is 0 Å². The quantitative estimate of drug-likeness (QED) is 0.129. The second kappa shape index (κ2) is 16.0. The van der Waals surface area contributed by atoms with Crippen molar-refractivity contribution in [2.45, 2.75) is 79.1 Å². The molecule has 10 rings (SSSR count). The van der Waals surface area contributed by atoms with Gasteiger partial charge in [-0.15, -0.1) is 0 Å². The van der Waals surface area contributed by atoms with Crippen LogP contribution in [-0.2, 0) is 0 Å². The Hall–Kier alpha value is -6.98. The van der Waals surface area contributed by atoms with E-state index in [-0.39, 0.29) is 0 Å². The standard InChI is InChI=1S/C58H55N5/c1-36(2)44-24-17-25-45(37(3)4)55(44)54-35-59-58-50-34-43(31-32-48(50)49-23-12-14-29-52(49)62(54)58)61(41-20-10-9-11-21-41)42-22-16-19-40(33-42)57-60-51-28-13-15-30-53(51)63(57)56-46(38(5)6)26-18-27-47(56)39(7)8/h9-39H,1-8H3. The maximum absolute atomic E-state index is 5.40. The van der Waals surface area contributed by atoms with E-state index in [2.05, 4.69) is 233 Å². The van der Waals surface area contributed by atoms with E-state index in [1.165, 1.54) is 44.3 Å². The summed E-state index contributed by atoms with van der Waals surface area (Å²) >= 11 is 0. The third kappa shape index (κ3) is 6.78. The number of anilines is 3. The summed E-state index contributed by atoms with van der Waals surface area (Å²) in [5.41, 5.74) is 17.4. The summed E-state index contributed by atoms with van der Waals surface area (Å²) in [4.78, 5) is 13.1. The van der Waals surface area contributed by atoms with Gasteiger partial charge in [0.05, 0.1) is 34.1 Å². The minimum atomic E-state index is 0.331. The molecule has 0 aliphatic heterocycles. The van der Waals surface area contributed by atoms with Crippen molar-refractivity contribution in [3.63, 3.8) is 0 Å². The van der Waals surface area contributed by atoms with Crippen molar-refractivity contribution in [1.82, 2.24) is 18.9 Å². The van der Waals surface area contributed by atoms with Crippen LogP contribution in [0.3, 0.4) is 0 Å². The minimum Gasteiger partial charge on any atom is -0.310 e. The Bertz CT molecular complexity index is 3260. The van der Waals surface area contributed by atoms with Crippen LogP contribution in [0, 0.1) is 0 Å². The largest absolute Gasteiger partial charge is 0.310 e. The van der Waals surface area contributed by atoms with Crippen molar-refractivity contribution >= 4 is 55.4 Å². The average Bonchev–Trinajstić information content (AvgIpc) is 3.92. The predicted octanol–water partition coefficient (Wildman–Crippen LogP) is 16.3. The molecule has 10 aromatic rings. The first-order chi connectivity index (χ1) is 30.6. The Kier molecular flexibility index (Phi) is 10.2. The number of pyridine rings is 1. The van der Waals surface area contributed by atoms with Gasteiger partial charge in [-0.3, -0.25) is 8.97 Å². The number of benzene rings is 7. The molecule has 3 heterocycles. The second-order valence-corrected chi connectivity index (χ2v) is 18.2. The summed E-state index contributed by atoms with van der Waals surface area (Å²) < 4.78 is 4.83. The van der Waals surface area contributed by atoms with Crippen molar-refractivity contribution in [2.75, 3.05) is 4.90 Å². The minimum absolute atomic E-state index is 0.331. The van der Waals surface area contributed by atoms with Gasteiger partial charge in [0.2, 0.25) is 0 Å². The molecule has 0 N–H and O–H groups in total. The van der Waals surface area contributed by atoms with E-state index in [4.69, 9.17) is 9.97 Å². The normalized spacial score (nSPS) is 12.1. The number of aromatic nitrogens is 4. The summed E-state index contributed by atoms with van der Waals surface area (Å²) in [6.07, 6.45) is 2.10. The van der Waals surface area contributed by atoms with Crippen LogP contribution in [0.5, 0.6) is 0 Å². The molecule has 0 radical (unpaired) electrons. The molecule has 0 amide bonds. The van der Waals surface area contributed by atoms with Gasteiger partial charge in [-0.05, 0) is 106 Å². The van der Waals surface area contributed by atoms with Crippen LogP contribution < -0.4 is 4.90 Å². The molecule has 3 aromatic heterocycles. The maximum Gasteiger partial charge on any atom is 0.145 e. The highest BCUT2D eigenvalue weighted by Crippen LogP contribution is 2.44. The highest BCUT2D eigenvalue weighted by atomic mass is 15.1. The fraction of sp³-hybridized carbons (Fsp3) is 0.207. The zero-order valence-electron chi connectivity index (χ0n) is 37.6. The highest BCUT2D eigenvalue weighted by Gasteiger charge is 2.25. The van der Waals surface area contributed by atoms with Crippen molar-refractivity contribution in [2.24, 2.45) is 0 Å². The molecule has 0 saturated heterocycles. The Balaban J connectivity index is 1.21. The van der Waals surface area contributed by atoms with Crippen LogP contribution in [0.15, 0.2) is 164 Å². The average molecular weight is 822 g/mol. The topological polar surface area (TPSA) is 38.4 Å². The van der Waals surface area contributed by atoms with E-state index in [1.54, 1.807) is 0 Å². The molecular weight excluding hydrogens is 767 g/mol. The third-order valence-electron chi connectivity index (χ3n) is 12.8. The van der Waals surface area contributed by atoms with E-state index in [9.17, 15) is 0 Å². The van der Waals surface area contributed by atoms with Crippen molar-refractivity contribution < 1.29 is 0 Å². The van der Waals surface area contributed by atoms with Gasteiger partial charge in [-0.1, -0.05) is 159 Å². The molecule has 63 heavy (non-hydrogen) atoms. The van der Waals surface area contributed by atoms with Gasteiger partial charge in [0.25, 0.3) is 0 Å². The second-order valence-electron chi connectivity index (χ2n) is 18.2. The molecule has 5 heteroatoms. The number of imidazole rings is 2. The predicted molar refractivity (Wildman–Crippen MR) is 267 cm³/mol. The summed E-state index contributed by atoms with van der Waals surface area (Å²) in [5.74, 6) is 2.31. The molecule has 5 nitrogen and oxygen atoms in total. The third-order valence-corrected chi connectivity index (χ3v) is 12.8. The Morgan fingerprint density at radius 2 is 1.03 bits per heavy atom. The highest BCUT2D eigenvalue weighted by molar-refractivity contribution is 6.13. The van der Waals surface area contributed by atoms with E-state index in [0.29, 0.717) is 23.7 Å². The van der Waals surface area contributed by atoms with E-state index >= 15 is 0 Å². The van der Waals surface area contributed by atoms with Gasteiger partial charge in [-0.25, -0.2) is 9.97 Å². The number of rotatable bonds is 10. The Labute approximate surface area is 371 Å².